The number of methoxy groups -OCH3 is 1. The van der Waals surface area contributed by atoms with Gasteiger partial charge in [-0.25, -0.2) is 8.78 Å². The molecule has 7 atom stereocenters. The summed E-state index contributed by atoms with van der Waals surface area (Å²) < 4.78 is 44.3. The van der Waals surface area contributed by atoms with E-state index in [0.717, 1.165) is 25.3 Å². The second kappa shape index (κ2) is 9.56. The van der Waals surface area contributed by atoms with E-state index in [1.165, 1.54) is 12.1 Å². The summed E-state index contributed by atoms with van der Waals surface area (Å²) in [7, 11) is 1.63. The van der Waals surface area contributed by atoms with Crippen LogP contribution in [0.4, 0.5) is 8.78 Å². The van der Waals surface area contributed by atoms with Crippen LogP contribution in [0, 0.1) is 34.3 Å². The van der Waals surface area contributed by atoms with Gasteiger partial charge in [0, 0.05) is 31.6 Å². The molecule has 8 heteroatoms. The third-order valence-electron chi connectivity index (χ3n) is 8.35. The van der Waals surface area contributed by atoms with Gasteiger partial charge in [0.25, 0.3) is 0 Å². The van der Waals surface area contributed by atoms with Crippen molar-refractivity contribution in [3.05, 3.63) is 35.4 Å². The van der Waals surface area contributed by atoms with Crippen molar-refractivity contribution in [1.82, 2.24) is 5.32 Å². The summed E-state index contributed by atoms with van der Waals surface area (Å²) in [4.78, 5) is 12.8. The highest BCUT2D eigenvalue weighted by Gasteiger charge is 2.61. The number of aliphatic hydroxyl groups excluding tert-OH is 1. The molecule has 0 spiro atoms. The summed E-state index contributed by atoms with van der Waals surface area (Å²) in [6, 6.07) is 3.22. The number of hydrogen-bond acceptors (Lipinski definition) is 5. The van der Waals surface area contributed by atoms with Crippen molar-refractivity contribution < 1.29 is 32.9 Å². The number of carbonyl (C=O) groups is 1. The Balaban J connectivity index is 1.45. The molecule has 3 fully saturated rings. The zero-order valence-corrected chi connectivity index (χ0v) is 19.6. The summed E-state index contributed by atoms with van der Waals surface area (Å²) in [5.74, 6) is -1.55. The number of halogens is 2. The summed E-state index contributed by atoms with van der Waals surface area (Å²) >= 11 is 0. The van der Waals surface area contributed by atoms with Crippen LogP contribution in [0.2, 0.25) is 0 Å². The van der Waals surface area contributed by atoms with Crippen LogP contribution >= 0.6 is 0 Å². The van der Waals surface area contributed by atoms with Gasteiger partial charge in [-0.2, -0.15) is 0 Å². The highest BCUT2D eigenvalue weighted by Crippen LogP contribution is 2.62. The van der Waals surface area contributed by atoms with E-state index in [4.69, 9.17) is 14.2 Å². The number of nitrogens with one attached hydrogen (secondary N) is 1. The fourth-order valence-electron chi connectivity index (χ4n) is 6.70. The molecule has 1 saturated heterocycles. The first-order valence-corrected chi connectivity index (χ1v) is 11.8. The largest absolute Gasteiger partial charge is 0.393 e. The van der Waals surface area contributed by atoms with Crippen LogP contribution in [0.25, 0.3) is 0 Å². The molecule has 1 aliphatic heterocycles. The first-order chi connectivity index (χ1) is 15.7. The lowest BCUT2D eigenvalue weighted by molar-refractivity contribution is -0.315. The van der Waals surface area contributed by atoms with E-state index in [1.54, 1.807) is 7.11 Å². The van der Waals surface area contributed by atoms with Gasteiger partial charge in [0.1, 0.15) is 11.6 Å². The highest BCUT2D eigenvalue weighted by atomic mass is 19.1. The molecule has 0 aromatic heterocycles. The Morgan fingerprint density at radius 1 is 1.18 bits per heavy atom. The molecule has 184 valence electrons. The maximum Gasteiger partial charge on any atom is 0.220 e. The van der Waals surface area contributed by atoms with Gasteiger partial charge in [-0.1, -0.05) is 13.8 Å². The van der Waals surface area contributed by atoms with Gasteiger partial charge in [-0.3, -0.25) is 4.79 Å². The topological polar surface area (TPSA) is 77.0 Å². The van der Waals surface area contributed by atoms with Gasteiger partial charge >= 0.3 is 0 Å². The monoisotopic (exact) mass is 467 g/mol. The van der Waals surface area contributed by atoms with E-state index in [-0.39, 0.29) is 53.9 Å². The fourth-order valence-corrected chi connectivity index (χ4v) is 6.70. The number of rotatable bonds is 6. The molecule has 0 unspecified atom stereocenters. The molecule has 6 nitrogen and oxygen atoms in total. The zero-order valence-electron chi connectivity index (χ0n) is 19.6. The van der Waals surface area contributed by atoms with E-state index in [2.05, 4.69) is 19.2 Å². The van der Waals surface area contributed by atoms with Gasteiger partial charge < -0.3 is 24.6 Å². The lowest BCUT2D eigenvalue weighted by Gasteiger charge is -2.62. The first kappa shape index (κ1) is 24.5. The molecule has 0 radical (unpaired) electrons. The van der Waals surface area contributed by atoms with Gasteiger partial charge in [-0.15, -0.1) is 0 Å². The molecule has 1 aromatic rings. The van der Waals surface area contributed by atoms with Crippen LogP contribution in [0.15, 0.2) is 18.2 Å². The van der Waals surface area contributed by atoms with Gasteiger partial charge in [-0.05, 0) is 60.6 Å². The SMILES string of the molecule is COC[C@@H]1OC[C@@]2(C)[C@H]3CC[C@@H](O)[C@@H](CC(=O)NCc4cc(F)cc(F)c4)[C@]3(C)CC[C@H]2O1. The van der Waals surface area contributed by atoms with Crippen LogP contribution in [0.1, 0.15) is 51.5 Å². The van der Waals surface area contributed by atoms with E-state index in [9.17, 15) is 18.7 Å². The molecule has 2 N–H and O–H groups in total. The molecule has 1 amide bonds. The standard InChI is InChI=1S/C25H35F2NO5/c1-24-7-6-21-25(2,14-32-23(33-21)13-31-3)20(24)5-4-19(29)18(24)11-22(30)28-12-15-8-16(26)10-17(27)9-15/h8-10,18-21,23,29H,4-7,11-14H2,1-3H3,(H,28,30)/t18-,19-,20+,21-,23-,24+,25+/m1/s1. The van der Waals surface area contributed by atoms with Crippen LogP contribution in [0.5, 0.6) is 0 Å². The molecular weight excluding hydrogens is 432 g/mol. The van der Waals surface area contributed by atoms with E-state index >= 15 is 0 Å². The van der Waals surface area contributed by atoms with Crippen LogP contribution in [-0.4, -0.2) is 49.8 Å². The Morgan fingerprint density at radius 2 is 1.91 bits per heavy atom. The summed E-state index contributed by atoms with van der Waals surface area (Å²) in [6.45, 7) is 5.38. The minimum Gasteiger partial charge on any atom is -0.393 e. The fraction of sp³-hybridized carbons (Fsp3) is 0.720. The average molecular weight is 468 g/mol. The Hall–Kier alpha value is -1.61. The number of fused-ring (bicyclic) bond motifs is 3. The molecule has 2 aliphatic carbocycles. The van der Waals surface area contributed by atoms with Crippen molar-refractivity contribution in [2.45, 2.75) is 71.0 Å². The first-order valence-electron chi connectivity index (χ1n) is 11.8. The number of hydrogen-bond donors (Lipinski definition) is 2. The second-order valence-electron chi connectivity index (χ2n) is 10.4. The second-order valence-corrected chi connectivity index (χ2v) is 10.4. The van der Waals surface area contributed by atoms with E-state index in [0.29, 0.717) is 25.2 Å². The van der Waals surface area contributed by atoms with Crippen molar-refractivity contribution in [1.29, 1.82) is 0 Å². The molecule has 1 aromatic carbocycles. The van der Waals surface area contributed by atoms with Gasteiger partial charge in [0.15, 0.2) is 6.29 Å². The van der Waals surface area contributed by atoms with E-state index < -0.39 is 17.7 Å². The number of carbonyl (C=O) groups excluding carboxylic acids is 1. The quantitative estimate of drug-likeness (QED) is 0.669. The molecule has 2 saturated carbocycles. The molecule has 0 bridgehead atoms. The molecule has 3 aliphatic rings. The summed E-state index contributed by atoms with van der Waals surface area (Å²) in [5, 5.41) is 13.7. The van der Waals surface area contributed by atoms with Crippen molar-refractivity contribution >= 4 is 5.91 Å². The van der Waals surface area contributed by atoms with Gasteiger partial charge in [0.2, 0.25) is 5.91 Å². The average Bonchev–Trinajstić information content (AvgIpc) is 2.75. The molecular formula is C25H35F2NO5. The van der Waals surface area contributed by atoms with Gasteiger partial charge in [0.05, 0.1) is 25.4 Å². The predicted octanol–water partition coefficient (Wildman–Crippen LogP) is 3.55. The Kier molecular flexibility index (Phi) is 7.10. The summed E-state index contributed by atoms with van der Waals surface area (Å²) in [5.41, 5.74) is -0.0821. The van der Waals surface area contributed by atoms with Crippen LogP contribution in [0.3, 0.4) is 0 Å². The minimum absolute atomic E-state index is 0.0405. The Bertz CT molecular complexity index is 849. The van der Waals surface area contributed by atoms with Crippen molar-refractivity contribution in [3.8, 4) is 0 Å². The smallest absolute Gasteiger partial charge is 0.220 e. The number of benzene rings is 1. The maximum absolute atomic E-state index is 13.4. The van der Waals surface area contributed by atoms with Crippen molar-refractivity contribution in [2.75, 3.05) is 20.3 Å². The number of ether oxygens (including phenoxy) is 3. The predicted molar refractivity (Wildman–Crippen MR) is 117 cm³/mol. The molecule has 4 rings (SSSR count). The minimum atomic E-state index is -0.674. The third kappa shape index (κ3) is 4.81. The zero-order chi connectivity index (χ0) is 23.8. The lowest BCUT2D eigenvalue weighted by Crippen LogP contribution is -2.63. The number of aliphatic hydroxyl groups is 1. The van der Waals surface area contributed by atoms with Crippen molar-refractivity contribution in [2.24, 2.45) is 22.7 Å². The molecule has 33 heavy (non-hydrogen) atoms. The van der Waals surface area contributed by atoms with E-state index in [1.807, 2.05) is 0 Å². The molecule has 1 heterocycles. The van der Waals surface area contributed by atoms with Crippen LogP contribution in [-0.2, 0) is 25.5 Å². The maximum atomic E-state index is 13.4. The van der Waals surface area contributed by atoms with Crippen molar-refractivity contribution in [3.63, 3.8) is 0 Å². The Labute approximate surface area is 194 Å². The lowest BCUT2D eigenvalue weighted by atomic mass is 9.46. The summed E-state index contributed by atoms with van der Waals surface area (Å²) in [6.07, 6.45) is 2.45. The highest BCUT2D eigenvalue weighted by molar-refractivity contribution is 5.76. The third-order valence-corrected chi connectivity index (χ3v) is 8.35. The number of amides is 1. The Morgan fingerprint density at radius 3 is 2.61 bits per heavy atom. The normalized spacial score (nSPS) is 38.3. The van der Waals surface area contributed by atoms with Crippen LogP contribution < -0.4 is 5.32 Å².